The third kappa shape index (κ3) is 5.16. The molecule has 3 N–H and O–H groups in total. The molecule has 40 heavy (non-hydrogen) atoms. The number of fused-ring (bicyclic) bond motifs is 1. The van der Waals surface area contributed by atoms with Crippen molar-refractivity contribution in [2.75, 3.05) is 5.73 Å². The second kappa shape index (κ2) is 10.4. The van der Waals surface area contributed by atoms with Gasteiger partial charge >= 0.3 is 0 Å². The van der Waals surface area contributed by atoms with Crippen LogP contribution < -0.4 is 5.73 Å². The molecule has 0 bridgehead atoms. The highest BCUT2D eigenvalue weighted by atomic mass is 35.5. The third-order valence-electron chi connectivity index (χ3n) is 6.45. The van der Waals surface area contributed by atoms with Crippen LogP contribution in [0.1, 0.15) is 30.1 Å². The van der Waals surface area contributed by atoms with Crippen LogP contribution in [0.15, 0.2) is 85.2 Å². The van der Waals surface area contributed by atoms with Crippen LogP contribution >= 0.6 is 22.9 Å². The van der Waals surface area contributed by atoms with Crippen LogP contribution in [0.5, 0.6) is 0 Å². The van der Waals surface area contributed by atoms with Crippen LogP contribution in [0.4, 0.5) is 5.82 Å². The van der Waals surface area contributed by atoms with Gasteiger partial charge in [-0.3, -0.25) is 9.97 Å². The van der Waals surface area contributed by atoms with Crippen molar-refractivity contribution < 1.29 is 5.11 Å². The highest BCUT2D eigenvalue weighted by Gasteiger charge is 2.21. The molecule has 0 spiro atoms. The number of nitrogens with zero attached hydrogens (tertiary/aromatic N) is 5. The van der Waals surface area contributed by atoms with Gasteiger partial charge in [-0.1, -0.05) is 54.1 Å². The van der Waals surface area contributed by atoms with Gasteiger partial charge in [0.25, 0.3) is 0 Å². The number of aliphatic hydroxyl groups is 1. The third-order valence-corrected chi connectivity index (χ3v) is 7.74. The Morgan fingerprint density at radius 3 is 2.45 bits per heavy atom. The molecule has 0 aliphatic heterocycles. The summed E-state index contributed by atoms with van der Waals surface area (Å²) in [4.78, 5) is 24.5. The molecule has 0 aliphatic rings. The molecule has 0 saturated heterocycles. The van der Waals surface area contributed by atoms with Crippen molar-refractivity contribution in [3.8, 4) is 33.2 Å². The molecule has 0 unspecified atom stereocenters. The smallest absolute Gasteiger partial charge is 0.153 e. The van der Waals surface area contributed by atoms with Gasteiger partial charge < -0.3 is 10.8 Å². The first-order valence-electron chi connectivity index (χ1n) is 12.7. The maximum Gasteiger partial charge on any atom is 0.153 e. The number of benzene rings is 2. The summed E-state index contributed by atoms with van der Waals surface area (Å²) >= 11 is 8.14. The van der Waals surface area contributed by atoms with E-state index in [-0.39, 0.29) is 0 Å². The molecule has 0 radical (unpaired) electrons. The fourth-order valence-corrected chi connectivity index (χ4v) is 5.69. The summed E-state index contributed by atoms with van der Waals surface area (Å²) < 4.78 is 0. The molecule has 0 aliphatic carbocycles. The lowest BCUT2D eigenvalue weighted by molar-refractivity contribution is 0.0736. The maximum atomic E-state index is 10.4. The van der Waals surface area contributed by atoms with Crippen molar-refractivity contribution in [1.82, 2.24) is 24.9 Å². The second-order valence-electron chi connectivity index (χ2n) is 9.94. The van der Waals surface area contributed by atoms with Crippen LogP contribution in [-0.2, 0) is 12.0 Å². The zero-order chi connectivity index (χ0) is 27.9. The summed E-state index contributed by atoms with van der Waals surface area (Å²) in [5, 5.41) is 12.4. The first-order valence-corrected chi connectivity index (χ1v) is 13.9. The van der Waals surface area contributed by atoms with E-state index in [0.717, 1.165) is 32.6 Å². The van der Waals surface area contributed by atoms with Gasteiger partial charge in [0, 0.05) is 45.9 Å². The van der Waals surface area contributed by atoms with E-state index in [4.69, 9.17) is 27.3 Å². The lowest BCUT2D eigenvalue weighted by Gasteiger charge is -2.16. The van der Waals surface area contributed by atoms with Gasteiger partial charge in [-0.05, 0) is 44.2 Å². The number of aromatic nitrogens is 5. The van der Waals surface area contributed by atoms with Gasteiger partial charge in [0.2, 0.25) is 0 Å². The molecule has 7 nitrogen and oxygen atoms in total. The van der Waals surface area contributed by atoms with E-state index in [2.05, 4.69) is 15.0 Å². The van der Waals surface area contributed by atoms with E-state index < -0.39 is 5.60 Å². The largest absolute Gasteiger partial charge is 0.384 e. The minimum Gasteiger partial charge on any atom is -0.384 e. The minimum absolute atomic E-state index is 0.291. The summed E-state index contributed by atoms with van der Waals surface area (Å²) in [6.45, 7) is 3.45. The molecule has 2 aromatic carbocycles. The van der Waals surface area contributed by atoms with E-state index in [0.29, 0.717) is 45.0 Å². The van der Waals surface area contributed by atoms with Crippen molar-refractivity contribution in [3.05, 3.63) is 106 Å². The number of thiazole rings is 1. The Morgan fingerprint density at radius 2 is 1.65 bits per heavy atom. The molecule has 198 valence electrons. The highest BCUT2D eigenvalue weighted by Crippen LogP contribution is 2.38. The SMILES string of the molecule is CC(C)(O)c1cccc(Cc2cnc(-c3nc(-c4cc(Cl)c5ncccc5c4)c(-c4ccccc4)nc3N)s2)n1. The van der Waals surface area contributed by atoms with E-state index >= 15 is 0 Å². The predicted molar refractivity (Wildman–Crippen MR) is 161 cm³/mol. The first-order chi connectivity index (χ1) is 19.3. The van der Waals surface area contributed by atoms with Crippen molar-refractivity contribution in [2.45, 2.75) is 25.9 Å². The molecule has 0 atom stereocenters. The molecule has 4 heterocycles. The highest BCUT2D eigenvalue weighted by molar-refractivity contribution is 7.15. The zero-order valence-electron chi connectivity index (χ0n) is 21.8. The van der Waals surface area contributed by atoms with E-state index in [1.807, 2.05) is 79.0 Å². The molecule has 4 aromatic heterocycles. The molecule has 0 fully saturated rings. The van der Waals surface area contributed by atoms with Crippen LogP contribution in [0.25, 0.3) is 44.1 Å². The monoisotopic (exact) mass is 564 g/mol. The van der Waals surface area contributed by atoms with Crippen molar-refractivity contribution in [3.63, 3.8) is 0 Å². The van der Waals surface area contributed by atoms with E-state index in [9.17, 15) is 5.11 Å². The van der Waals surface area contributed by atoms with Crippen molar-refractivity contribution in [2.24, 2.45) is 0 Å². The molecule has 9 heteroatoms. The average molecular weight is 565 g/mol. The molecule has 0 saturated carbocycles. The number of rotatable bonds is 6. The Balaban J connectivity index is 1.44. The van der Waals surface area contributed by atoms with Gasteiger partial charge in [-0.15, -0.1) is 11.3 Å². The number of nitrogen functional groups attached to an aromatic ring is 1. The molecule has 6 rings (SSSR count). The number of hydrogen-bond acceptors (Lipinski definition) is 8. The maximum absolute atomic E-state index is 10.4. The quantitative estimate of drug-likeness (QED) is 0.225. The topological polar surface area (TPSA) is 111 Å². The lowest BCUT2D eigenvalue weighted by atomic mass is 10.0. The fourth-order valence-electron chi connectivity index (χ4n) is 4.48. The molecule has 0 amide bonds. The van der Waals surface area contributed by atoms with Crippen molar-refractivity contribution >= 4 is 39.7 Å². The molecule has 6 aromatic rings. The predicted octanol–water partition coefficient (Wildman–Crippen LogP) is 6.93. The number of pyridine rings is 2. The summed E-state index contributed by atoms with van der Waals surface area (Å²) in [6.07, 6.45) is 4.10. The van der Waals surface area contributed by atoms with Crippen LogP contribution in [0, 0.1) is 0 Å². The molecular weight excluding hydrogens is 540 g/mol. The Labute approximate surface area is 240 Å². The Morgan fingerprint density at radius 1 is 0.850 bits per heavy atom. The average Bonchev–Trinajstić information content (AvgIpc) is 3.41. The van der Waals surface area contributed by atoms with Gasteiger partial charge in [0.05, 0.1) is 27.6 Å². The van der Waals surface area contributed by atoms with Crippen LogP contribution in [0.3, 0.4) is 0 Å². The summed E-state index contributed by atoms with van der Waals surface area (Å²) in [7, 11) is 0. The summed E-state index contributed by atoms with van der Waals surface area (Å²) in [6, 6.07) is 23.2. The summed E-state index contributed by atoms with van der Waals surface area (Å²) in [5.41, 5.74) is 11.2. The number of nitrogens with two attached hydrogens (primary N) is 1. The molecular formula is C31H25ClN6OS. The zero-order valence-corrected chi connectivity index (χ0v) is 23.4. The van der Waals surface area contributed by atoms with E-state index in [1.165, 1.54) is 11.3 Å². The minimum atomic E-state index is -1.02. The number of anilines is 1. The van der Waals surface area contributed by atoms with Crippen molar-refractivity contribution in [1.29, 1.82) is 0 Å². The van der Waals surface area contributed by atoms with Crippen LogP contribution in [-0.4, -0.2) is 30.0 Å². The Kier molecular flexibility index (Phi) is 6.75. The second-order valence-corrected chi connectivity index (χ2v) is 11.5. The van der Waals surface area contributed by atoms with Gasteiger partial charge in [0.15, 0.2) is 5.82 Å². The van der Waals surface area contributed by atoms with Crippen LogP contribution in [0.2, 0.25) is 5.02 Å². The fraction of sp³-hybridized carbons (Fsp3) is 0.129. The van der Waals surface area contributed by atoms with Gasteiger partial charge in [-0.25, -0.2) is 15.0 Å². The Bertz CT molecular complexity index is 1850. The normalized spacial score (nSPS) is 11.7. The number of halogens is 1. The lowest BCUT2D eigenvalue weighted by Crippen LogP contribution is -2.18. The Hall–Kier alpha value is -4.24. The standard InChI is InChI=1S/C31H25ClN6OS/c1-31(2,39)24-12-6-11-21(36-24)16-22-17-35-30(40-22)28-29(33)38-26(18-8-4-3-5-9-18)27(37-28)20-14-19-10-7-13-34-25(19)23(32)15-20/h3-15,17,39H,16H2,1-2H3,(H2,33,38). The van der Waals surface area contributed by atoms with Gasteiger partial charge in [0.1, 0.15) is 16.3 Å². The van der Waals surface area contributed by atoms with Gasteiger partial charge in [-0.2, -0.15) is 0 Å². The number of hydrogen-bond donors (Lipinski definition) is 2. The summed E-state index contributed by atoms with van der Waals surface area (Å²) in [5.74, 6) is 0.291. The first kappa shape index (κ1) is 26.0. The van der Waals surface area contributed by atoms with E-state index in [1.54, 1.807) is 20.0 Å².